The fourth-order valence-corrected chi connectivity index (χ4v) is 8.87. The molecule has 1 aromatic rings. The van der Waals surface area contributed by atoms with Crippen LogP contribution in [0, 0.1) is 0 Å². The molecule has 0 aliphatic rings. The van der Waals surface area contributed by atoms with Crippen LogP contribution in [0.1, 0.15) is 115 Å². The Morgan fingerprint density at radius 3 is 1.15 bits per heavy atom. The average molecular weight is 1240 g/mol. The number of aromatic hydroxyl groups is 1. The molecule has 0 aromatic heterocycles. The summed E-state index contributed by atoms with van der Waals surface area (Å²) in [6.45, 7) is 2.63. The third kappa shape index (κ3) is 33.1. The number of nitrogens with zero attached hydrogens (tertiary/aromatic N) is 3. The third-order valence-electron chi connectivity index (χ3n) is 13.2. The van der Waals surface area contributed by atoms with Crippen LogP contribution in [-0.4, -0.2) is 182 Å². The summed E-state index contributed by atoms with van der Waals surface area (Å²) in [5.74, 6) is -7.24. The van der Waals surface area contributed by atoms with Crippen molar-refractivity contribution in [3.63, 3.8) is 0 Å². The van der Waals surface area contributed by atoms with Crippen LogP contribution in [0.2, 0.25) is 0 Å². The van der Waals surface area contributed by atoms with Crippen molar-refractivity contribution in [2.45, 2.75) is 170 Å². The molecule has 0 fully saturated rings. The van der Waals surface area contributed by atoms with E-state index < -0.39 is 108 Å². The van der Waals surface area contributed by atoms with E-state index in [0.29, 0.717) is 69.4 Å². The highest BCUT2D eigenvalue weighted by molar-refractivity contribution is 7.98. The van der Waals surface area contributed by atoms with E-state index in [4.69, 9.17) is 63.1 Å². The highest BCUT2D eigenvalue weighted by atomic mass is 32.2. The molecule has 0 bridgehead atoms. The molecule has 1 aromatic carbocycles. The minimum atomic E-state index is -1.41. The topological polar surface area (TPSA) is 593 Å². The number of hydrogen-bond acceptors (Lipinski definition) is 18. The van der Waals surface area contributed by atoms with Crippen molar-refractivity contribution in [3.8, 4) is 5.75 Å². The van der Waals surface area contributed by atoms with Crippen LogP contribution in [0.25, 0.3) is 0 Å². The maximum Gasteiger partial charge on any atom is 0.243 e. The largest absolute Gasteiger partial charge is 0.508 e. The monoisotopic (exact) mass is 1230 g/mol. The van der Waals surface area contributed by atoms with Gasteiger partial charge in [0, 0.05) is 26.1 Å². The Balaban J connectivity index is 3.58. The molecule has 32 nitrogen and oxygen atoms in total. The number of nitrogens with two attached hydrogens (primary N) is 11. The zero-order valence-electron chi connectivity index (χ0n) is 49.7. The van der Waals surface area contributed by atoms with E-state index in [-0.39, 0.29) is 114 Å². The van der Waals surface area contributed by atoms with Gasteiger partial charge in [0.25, 0.3) is 0 Å². The number of phenols is 1. The van der Waals surface area contributed by atoms with Gasteiger partial charge in [-0.05, 0) is 159 Å². The summed E-state index contributed by atoms with van der Waals surface area (Å²) >= 11 is 1.36. The van der Waals surface area contributed by atoms with E-state index in [0.717, 1.165) is 0 Å². The molecule has 86 heavy (non-hydrogen) atoms. The van der Waals surface area contributed by atoms with E-state index in [9.17, 15) is 48.3 Å². The maximum absolute atomic E-state index is 14.5. The fraction of sp³-hybridized carbons (Fsp3) is 0.660. The lowest BCUT2D eigenvalue weighted by atomic mass is 10.0. The molecule has 486 valence electrons. The van der Waals surface area contributed by atoms with Gasteiger partial charge < -0.3 is 111 Å². The van der Waals surface area contributed by atoms with Gasteiger partial charge >= 0.3 is 0 Å². The molecule has 0 aliphatic heterocycles. The number of aliphatic imine (C=N–C) groups is 3. The van der Waals surface area contributed by atoms with Crippen molar-refractivity contribution < 1.29 is 48.3 Å². The Bertz CT molecular complexity index is 2360. The smallest absolute Gasteiger partial charge is 0.243 e. The number of benzene rings is 1. The van der Waals surface area contributed by atoms with Crippen molar-refractivity contribution in [1.82, 2.24) is 42.5 Å². The van der Waals surface area contributed by atoms with Crippen molar-refractivity contribution in [2.75, 3.05) is 51.3 Å². The standard InChI is InChI=1S/C53H98N22O10S/c1-31(43(78)70-38(16-10-27-66-52(61)62)48(83)73-39(17-11-28-67-53(63)64)46(81)69-35(42(58)77)13-3-6-23-54)68-45(80)40(22-29-86-2)74-50(85)41(30-32-18-20-33(76)21-19-32)75-49(84)37(15-5-8-25-56)72-47(82)36(14-4-7-24-55)71-44(79)34(57)12-9-26-65-51(59)60/h18-21,31,34-41,76H,3-17,22-30,54-57H2,1-2H3,(H2,58,77)(H,68,80)(H,69,81)(H,70,78)(H,71,79)(H,72,82)(H,73,83)(H,74,85)(H,75,84)(H4,59,60,65)(H4,61,62,66)(H4,63,64,67)/t31-,34-,35-,36-,37-,38-,39-,40-,41-/m0/s1. The molecule has 0 aliphatic carbocycles. The molecule has 31 N–H and O–H groups in total. The molecule has 0 unspecified atom stereocenters. The number of thioether (sulfide) groups is 1. The number of rotatable bonds is 46. The van der Waals surface area contributed by atoms with Gasteiger partial charge in [-0.15, -0.1) is 0 Å². The van der Waals surface area contributed by atoms with Crippen LogP contribution in [0.3, 0.4) is 0 Å². The molecular formula is C53H98N22O10S. The summed E-state index contributed by atoms with van der Waals surface area (Å²) in [5, 5.41) is 31.4. The van der Waals surface area contributed by atoms with E-state index >= 15 is 0 Å². The zero-order chi connectivity index (χ0) is 64.6. The van der Waals surface area contributed by atoms with E-state index in [1.807, 2.05) is 0 Å². The van der Waals surface area contributed by atoms with Gasteiger partial charge in [0.05, 0.1) is 6.04 Å². The molecule has 9 atom stereocenters. The number of hydrogen-bond donors (Lipinski definition) is 20. The first-order chi connectivity index (χ1) is 40.9. The van der Waals surface area contributed by atoms with E-state index in [1.54, 1.807) is 6.26 Å². The van der Waals surface area contributed by atoms with Crippen LogP contribution in [0.4, 0.5) is 0 Å². The number of primary amides is 1. The van der Waals surface area contributed by atoms with Gasteiger partial charge in [0.15, 0.2) is 17.9 Å². The first-order valence-corrected chi connectivity index (χ1v) is 30.3. The Labute approximate surface area is 507 Å². The predicted octanol–water partition coefficient (Wildman–Crippen LogP) is -6.05. The summed E-state index contributed by atoms with van der Waals surface area (Å²) < 4.78 is 0. The Morgan fingerprint density at radius 1 is 0.430 bits per heavy atom. The molecular weight excluding hydrogens is 1140 g/mol. The van der Waals surface area contributed by atoms with Gasteiger partial charge in [-0.25, -0.2) is 0 Å². The zero-order valence-corrected chi connectivity index (χ0v) is 50.5. The highest BCUT2D eigenvalue weighted by Crippen LogP contribution is 2.14. The molecule has 0 saturated heterocycles. The number of amides is 9. The first-order valence-electron chi connectivity index (χ1n) is 28.9. The number of nitrogens with one attached hydrogen (secondary N) is 8. The molecule has 0 spiro atoms. The second kappa shape index (κ2) is 43.8. The van der Waals surface area contributed by atoms with Crippen molar-refractivity contribution in [3.05, 3.63) is 29.8 Å². The second-order valence-corrected chi connectivity index (χ2v) is 21.5. The van der Waals surface area contributed by atoms with E-state index in [1.165, 1.54) is 43.0 Å². The molecule has 0 heterocycles. The predicted molar refractivity (Wildman–Crippen MR) is 332 cm³/mol. The molecule has 33 heteroatoms. The van der Waals surface area contributed by atoms with Gasteiger partial charge in [0.2, 0.25) is 53.2 Å². The van der Waals surface area contributed by atoms with Gasteiger partial charge in [0.1, 0.15) is 54.1 Å². The molecule has 0 radical (unpaired) electrons. The van der Waals surface area contributed by atoms with Crippen LogP contribution < -0.4 is 106 Å². The number of guanidine groups is 3. The molecule has 1 rings (SSSR count). The molecule has 0 saturated carbocycles. The average Bonchev–Trinajstić information content (AvgIpc) is 3.39. The number of carbonyl (C=O) groups excluding carboxylic acids is 9. The van der Waals surface area contributed by atoms with Crippen LogP contribution in [0.15, 0.2) is 39.2 Å². The summed E-state index contributed by atoms with van der Waals surface area (Å²) in [6.07, 6.45) is 5.72. The Morgan fingerprint density at radius 2 is 0.756 bits per heavy atom. The summed E-state index contributed by atoms with van der Waals surface area (Å²) in [6, 6.07) is -5.36. The normalized spacial score (nSPS) is 14.1. The van der Waals surface area contributed by atoms with Crippen molar-refractivity contribution in [1.29, 1.82) is 0 Å². The summed E-state index contributed by atoms with van der Waals surface area (Å²) in [7, 11) is 0. The third-order valence-corrected chi connectivity index (χ3v) is 13.9. The van der Waals surface area contributed by atoms with Crippen LogP contribution in [-0.2, 0) is 49.6 Å². The molecule has 9 amide bonds. The fourth-order valence-electron chi connectivity index (χ4n) is 8.39. The maximum atomic E-state index is 14.5. The minimum absolute atomic E-state index is 0.0166. The lowest BCUT2D eigenvalue weighted by Crippen LogP contribution is -2.60. The first kappa shape index (κ1) is 76.3. The number of unbranched alkanes of at least 4 members (excludes halogenated alkanes) is 3. The van der Waals surface area contributed by atoms with Gasteiger partial charge in [-0.2, -0.15) is 11.8 Å². The van der Waals surface area contributed by atoms with Crippen LogP contribution >= 0.6 is 11.8 Å². The lowest BCUT2D eigenvalue weighted by Gasteiger charge is -2.28. The Hall–Kier alpha value is -7.75. The van der Waals surface area contributed by atoms with Crippen molar-refractivity contribution in [2.24, 2.45) is 78.0 Å². The lowest BCUT2D eigenvalue weighted by molar-refractivity contribution is -0.136. The second-order valence-electron chi connectivity index (χ2n) is 20.5. The van der Waals surface area contributed by atoms with Crippen LogP contribution in [0.5, 0.6) is 5.75 Å². The summed E-state index contributed by atoms with van der Waals surface area (Å²) in [5.41, 5.74) is 62.2. The van der Waals surface area contributed by atoms with E-state index in [2.05, 4.69) is 57.5 Å². The number of phenolic OH excluding ortho intramolecular Hbond substituents is 1. The Kier molecular flexibility index (Phi) is 38.9. The quantitative estimate of drug-likeness (QED) is 0.0164. The van der Waals surface area contributed by atoms with Gasteiger partial charge in [-0.3, -0.25) is 58.1 Å². The van der Waals surface area contributed by atoms with Gasteiger partial charge in [-0.1, -0.05) is 12.1 Å². The summed E-state index contributed by atoms with van der Waals surface area (Å²) in [4.78, 5) is 136. The minimum Gasteiger partial charge on any atom is -0.508 e. The van der Waals surface area contributed by atoms with Crippen molar-refractivity contribution >= 4 is 82.8 Å². The number of carbonyl (C=O) groups is 9. The SMILES string of the molecule is CSCC[C@H](NC(=O)[C@H](Cc1ccc(O)cc1)NC(=O)[C@H](CCCCN)NC(=O)[C@H](CCCCN)NC(=O)[C@@H](N)CCCN=C(N)N)C(=O)N[C@@H](C)C(=O)N[C@@H](CCCN=C(N)N)C(=O)N[C@@H](CCCN=C(N)N)C(=O)N[C@@H](CCCCN)C(N)=O. The highest BCUT2D eigenvalue weighted by Gasteiger charge is 2.34.